The van der Waals surface area contributed by atoms with Gasteiger partial charge in [0.25, 0.3) is 5.91 Å². The van der Waals surface area contributed by atoms with Crippen LogP contribution in [0, 0.1) is 6.92 Å². The number of benzene rings is 1. The van der Waals surface area contributed by atoms with Crippen LogP contribution in [0.5, 0.6) is 0 Å². The molecule has 0 saturated heterocycles. The van der Waals surface area contributed by atoms with Crippen LogP contribution in [0.3, 0.4) is 0 Å². The van der Waals surface area contributed by atoms with E-state index in [4.69, 9.17) is 11.6 Å². The van der Waals surface area contributed by atoms with Crippen molar-refractivity contribution in [1.82, 2.24) is 10.3 Å². The summed E-state index contributed by atoms with van der Waals surface area (Å²) in [4.78, 5) is 16.3. The van der Waals surface area contributed by atoms with Crippen molar-refractivity contribution in [1.29, 1.82) is 0 Å². The van der Waals surface area contributed by atoms with E-state index in [1.165, 1.54) is 11.1 Å². The van der Waals surface area contributed by atoms with E-state index in [1.54, 1.807) is 12.1 Å². The predicted octanol–water partition coefficient (Wildman–Crippen LogP) is 3.58. The minimum Gasteiger partial charge on any atom is -0.352 e. The maximum atomic E-state index is 12.1. The van der Waals surface area contributed by atoms with Crippen molar-refractivity contribution in [3.05, 3.63) is 63.9 Å². The first kappa shape index (κ1) is 15.5. The molecule has 21 heavy (non-hydrogen) atoms. The molecule has 110 valence electrons. The van der Waals surface area contributed by atoms with Crippen LogP contribution in [0.25, 0.3) is 0 Å². The van der Waals surface area contributed by atoms with Crippen LogP contribution in [0.4, 0.5) is 0 Å². The number of aromatic nitrogens is 1. The van der Waals surface area contributed by atoms with E-state index in [-0.39, 0.29) is 5.91 Å². The first-order chi connectivity index (χ1) is 10.1. The number of amides is 1. The summed E-state index contributed by atoms with van der Waals surface area (Å²) in [5, 5.41) is 3.28. The zero-order chi connectivity index (χ0) is 15.2. The van der Waals surface area contributed by atoms with E-state index in [9.17, 15) is 4.79 Å². The van der Waals surface area contributed by atoms with Gasteiger partial charge in [0, 0.05) is 17.8 Å². The average molecular weight is 303 g/mol. The lowest BCUT2D eigenvalue weighted by Gasteiger charge is -2.07. The topological polar surface area (TPSA) is 42.0 Å². The third-order valence-electron chi connectivity index (χ3n) is 3.25. The highest BCUT2D eigenvalue weighted by Crippen LogP contribution is 2.11. The molecule has 0 saturated carbocycles. The van der Waals surface area contributed by atoms with Crippen LogP contribution in [0.1, 0.15) is 34.1 Å². The van der Waals surface area contributed by atoms with E-state index < -0.39 is 0 Å². The summed E-state index contributed by atoms with van der Waals surface area (Å²) in [6, 6.07) is 11.7. The summed E-state index contributed by atoms with van der Waals surface area (Å²) >= 11 is 5.93. The molecular weight excluding hydrogens is 284 g/mol. The second-order valence-corrected chi connectivity index (χ2v) is 5.41. The van der Waals surface area contributed by atoms with Gasteiger partial charge in [0.15, 0.2) is 0 Å². The van der Waals surface area contributed by atoms with E-state index in [1.807, 2.05) is 13.0 Å². The van der Waals surface area contributed by atoms with E-state index in [0.717, 1.165) is 18.5 Å². The quantitative estimate of drug-likeness (QED) is 0.858. The molecule has 1 N–H and O–H groups in total. The number of carbonyl (C=O) groups is 1. The highest BCUT2D eigenvalue weighted by atomic mass is 35.5. The summed E-state index contributed by atoms with van der Waals surface area (Å²) in [7, 11) is 0. The number of halogens is 1. The van der Waals surface area contributed by atoms with Crippen LogP contribution in [-0.4, -0.2) is 17.4 Å². The molecule has 0 fully saturated rings. The number of hydrogen-bond donors (Lipinski definition) is 1. The lowest BCUT2D eigenvalue weighted by molar-refractivity contribution is 0.0954. The summed E-state index contributed by atoms with van der Waals surface area (Å²) in [5.41, 5.74) is 3.84. The van der Waals surface area contributed by atoms with Gasteiger partial charge in [-0.05, 0) is 37.5 Å². The summed E-state index contributed by atoms with van der Waals surface area (Å²) < 4.78 is 0. The minimum atomic E-state index is -0.110. The number of carbonyl (C=O) groups excluding carboxylic acids is 1. The number of rotatable bonds is 5. The Morgan fingerprint density at radius 3 is 2.81 bits per heavy atom. The van der Waals surface area contributed by atoms with Crippen LogP contribution in [-0.2, 0) is 12.8 Å². The van der Waals surface area contributed by atoms with Gasteiger partial charge in [-0.1, -0.05) is 48.4 Å². The number of aryl methyl sites for hydroxylation is 2. The molecule has 0 atom stereocenters. The van der Waals surface area contributed by atoms with Crippen molar-refractivity contribution >= 4 is 17.5 Å². The molecular formula is C17H19ClN2O. The lowest BCUT2D eigenvalue weighted by Crippen LogP contribution is -2.26. The smallest absolute Gasteiger partial charge is 0.251 e. The molecule has 2 aromatic rings. The van der Waals surface area contributed by atoms with E-state index >= 15 is 0 Å². The van der Waals surface area contributed by atoms with Gasteiger partial charge in [-0.15, -0.1) is 0 Å². The predicted molar refractivity (Wildman–Crippen MR) is 85.8 cm³/mol. The van der Waals surface area contributed by atoms with Gasteiger partial charge in [-0.2, -0.15) is 0 Å². The van der Waals surface area contributed by atoms with Gasteiger partial charge < -0.3 is 5.32 Å². The Kier molecular flexibility index (Phi) is 5.34. The fraction of sp³-hybridized carbons (Fsp3) is 0.294. The monoisotopic (exact) mass is 302 g/mol. The Balaban J connectivity index is 1.94. The Labute approximate surface area is 130 Å². The SMILES string of the molecule is CCc1cc(C(=O)NCCc2cccc(C)c2)cc(Cl)n1. The van der Waals surface area contributed by atoms with Crippen LogP contribution >= 0.6 is 11.6 Å². The maximum absolute atomic E-state index is 12.1. The fourth-order valence-corrected chi connectivity index (χ4v) is 2.38. The Bertz CT molecular complexity index is 640. The van der Waals surface area contributed by atoms with Crippen LogP contribution in [0.2, 0.25) is 5.15 Å². The van der Waals surface area contributed by atoms with Gasteiger partial charge in [-0.3, -0.25) is 4.79 Å². The van der Waals surface area contributed by atoms with Crippen molar-refractivity contribution < 1.29 is 4.79 Å². The van der Waals surface area contributed by atoms with Gasteiger partial charge in [0.05, 0.1) is 0 Å². The van der Waals surface area contributed by atoms with Gasteiger partial charge in [-0.25, -0.2) is 4.98 Å². The molecule has 2 rings (SSSR count). The molecule has 0 spiro atoms. The molecule has 0 radical (unpaired) electrons. The zero-order valence-corrected chi connectivity index (χ0v) is 13.1. The number of pyridine rings is 1. The van der Waals surface area contributed by atoms with Gasteiger partial charge >= 0.3 is 0 Å². The third kappa shape index (κ3) is 4.57. The van der Waals surface area contributed by atoms with Crippen molar-refractivity contribution in [3.8, 4) is 0 Å². The molecule has 3 nitrogen and oxygen atoms in total. The zero-order valence-electron chi connectivity index (χ0n) is 12.3. The highest BCUT2D eigenvalue weighted by molar-refractivity contribution is 6.29. The van der Waals surface area contributed by atoms with Crippen molar-refractivity contribution in [3.63, 3.8) is 0 Å². The molecule has 1 aromatic carbocycles. The van der Waals surface area contributed by atoms with Crippen molar-refractivity contribution in [2.45, 2.75) is 26.7 Å². The fourth-order valence-electron chi connectivity index (χ4n) is 2.15. The molecule has 0 aliphatic carbocycles. The van der Waals surface area contributed by atoms with E-state index in [2.05, 4.69) is 35.4 Å². The molecule has 0 aliphatic rings. The number of nitrogens with zero attached hydrogens (tertiary/aromatic N) is 1. The lowest BCUT2D eigenvalue weighted by atomic mass is 10.1. The average Bonchev–Trinajstić information content (AvgIpc) is 2.46. The summed E-state index contributed by atoms with van der Waals surface area (Å²) in [6.45, 7) is 4.65. The largest absolute Gasteiger partial charge is 0.352 e. The Hall–Kier alpha value is -1.87. The van der Waals surface area contributed by atoms with Crippen molar-refractivity contribution in [2.75, 3.05) is 6.54 Å². The van der Waals surface area contributed by atoms with Gasteiger partial charge in [0.1, 0.15) is 5.15 Å². The first-order valence-electron chi connectivity index (χ1n) is 7.08. The second kappa shape index (κ2) is 7.23. The number of hydrogen-bond acceptors (Lipinski definition) is 2. The Morgan fingerprint density at radius 2 is 2.10 bits per heavy atom. The second-order valence-electron chi connectivity index (χ2n) is 5.02. The standard InChI is InChI=1S/C17H19ClN2O/c1-3-15-10-14(11-16(18)20-15)17(21)19-8-7-13-6-4-5-12(2)9-13/h4-6,9-11H,3,7-8H2,1-2H3,(H,19,21). The van der Waals surface area contributed by atoms with E-state index in [0.29, 0.717) is 17.3 Å². The van der Waals surface area contributed by atoms with Crippen molar-refractivity contribution in [2.24, 2.45) is 0 Å². The minimum absolute atomic E-state index is 0.110. The summed E-state index contributed by atoms with van der Waals surface area (Å²) in [6.07, 6.45) is 1.57. The normalized spacial score (nSPS) is 10.4. The van der Waals surface area contributed by atoms with Crippen LogP contribution in [0.15, 0.2) is 36.4 Å². The molecule has 1 aromatic heterocycles. The maximum Gasteiger partial charge on any atom is 0.251 e. The highest BCUT2D eigenvalue weighted by Gasteiger charge is 2.08. The van der Waals surface area contributed by atoms with Gasteiger partial charge in [0.2, 0.25) is 0 Å². The molecule has 1 heterocycles. The molecule has 0 aliphatic heterocycles. The molecule has 4 heteroatoms. The number of nitrogens with one attached hydrogen (secondary N) is 1. The third-order valence-corrected chi connectivity index (χ3v) is 3.45. The first-order valence-corrected chi connectivity index (χ1v) is 7.46. The Morgan fingerprint density at radius 1 is 1.29 bits per heavy atom. The van der Waals surface area contributed by atoms with Crippen LogP contribution < -0.4 is 5.32 Å². The summed E-state index contributed by atoms with van der Waals surface area (Å²) in [5.74, 6) is -0.110. The molecule has 0 unspecified atom stereocenters. The molecule has 1 amide bonds. The molecule has 0 bridgehead atoms.